The standard InChI is InChI=1S/C13H17NO3.C12H15NO3.C11H21BO2.C11H12ClNO2.C11H13NO3.C11H13NO2.C8H8ClNO3.CH5BN.CH4BN.CHF3O3S.CH3FS.Cl3OP/c1-8(2)9(3)12-10(13(15)17-5)6-7-11(14-12)16-4;1-7-10-8(5-6-9(13-10)15-4)11(14)16-12(7,2)3;1-8(2)9(3)12-13-10(4,5)11(6,7)14-12;1-6-9-7(4-5-8(12)13-9)10(14)15-11(6,2)3;1-6-9-7(4-5-8(13)12-9)10(14)15-11(6,2)3;1-7-9-8(5-4-6-12-9)10(13)14-11(7,2)3;1-12-6-4-3-5(7(9)10-6)8(11)13-2;2*1-2-3;2-1(3,4)8(5,6)7;1-3-2;1-5(2,3)4/h6-7H,1-5H3;5-7H,1-4H3;1-7H3;4-6H,1-3H3;4-6H,1-3H3,(H,12,13);4-7H,1-3H3;3-4H,1-2H3;3H2,1H3;3H,1H3;(H,5,6,7);1H3;/i;;;;;6D;;1D;;;;. The molecule has 697 valence electrons. The third kappa shape index (κ3) is 36.1. The molecule has 0 aliphatic carbocycles. The van der Waals surface area contributed by atoms with Crippen molar-refractivity contribution in [1.82, 2.24) is 29.9 Å². The second-order valence-electron chi connectivity index (χ2n) is 30.6. The Balaban J connectivity index is 0.00000141. The van der Waals surface area contributed by atoms with Crippen molar-refractivity contribution in [2.24, 2.45) is 5.64 Å². The molecule has 5 N–H and O–H groups in total. The van der Waals surface area contributed by atoms with Crippen molar-refractivity contribution in [1.29, 1.82) is 5.31 Å². The van der Waals surface area contributed by atoms with Gasteiger partial charge in [0.15, 0.2) is 7.41 Å². The normalized spacial score (nSPS) is 17.8. The number of methoxy groups -OCH3 is 5. The van der Waals surface area contributed by atoms with Crippen LogP contribution in [0, 0.1) is 5.31 Å². The van der Waals surface area contributed by atoms with Crippen LogP contribution in [0.3, 0.4) is 0 Å². The van der Waals surface area contributed by atoms with Crippen molar-refractivity contribution in [3.05, 3.63) is 178 Å². The summed E-state index contributed by atoms with van der Waals surface area (Å²) >= 11 is 25.6. The number of H-pyrrole nitrogens is 1. The molecular weight excluding hydrogens is 1820 g/mol. The number of aromatic nitrogens is 6. The van der Waals surface area contributed by atoms with Crippen LogP contribution in [-0.2, 0) is 52.4 Å². The number of carbonyl (C=O) groups is 6. The predicted molar refractivity (Wildman–Crippen MR) is 484 cm³/mol. The average Bonchev–Trinajstić information content (AvgIpc) is 1.30. The predicted octanol–water partition coefficient (Wildman–Crippen LogP) is 20.2. The monoisotopic (exact) mass is 1930 g/mol. The van der Waals surface area contributed by atoms with Crippen molar-refractivity contribution >= 4 is 147 Å². The Bertz CT molecular complexity index is 5010. The summed E-state index contributed by atoms with van der Waals surface area (Å²) in [6.45, 7) is 45.1. The molecule has 4 atom stereocenters. The molecule has 0 saturated carbocycles. The van der Waals surface area contributed by atoms with Crippen LogP contribution in [0.2, 0.25) is 23.9 Å². The summed E-state index contributed by atoms with van der Waals surface area (Å²) in [6.07, 6.45) is 1.56. The fourth-order valence-electron chi connectivity index (χ4n) is 10.2. The number of aromatic amines is 1. The van der Waals surface area contributed by atoms with Gasteiger partial charge in [0.25, 0.3) is 0 Å². The van der Waals surface area contributed by atoms with Gasteiger partial charge in [0.2, 0.25) is 23.2 Å². The van der Waals surface area contributed by atoms with Gasteiger partial charge in [0.1, 0.15) is 32.7 Å². The molecule has 0 spiro atoms. The fraction of sp³-hybridized carbons (Fsp3) is 0.506. The van der Waals surface area contributed by atoms with Gasteiger partial charge < -0.3 is 62.6 Å². The first kappa shape index (κ1) is 114. The first-order valence-corrected chi connectivity index (χ1v) is 45.4. The number of esters is 6. The van der Waals surface area contributed by atoms with E-state index in [9.17, 15) is 55.2 Å². The number of cyclic esters (lactones) is 4. The molecule has 1 fully saturated rings. The van der Waals surface area contributed by atoms with E-state index in [1.54, 1.807) is 63.5 Å². The van der Waals surface area contributed by atoms with Crippen LogP contribution in [0.5, 0.6) is 17.6 Å². The zero-order valence-electron chi connectivity index (χ0n) is 77.7. The minimum atomic E-state index is -5.84. The average molecular weight is 1930 g/mol. The van der Waals surface area contributed by atoms with Crippen LogP contribution in [-0.4, -0.2) is 181 Å². The molecule has 5 aliphatic heterocycles. The zero-order valence-corrected chi connectivity index (χ0v) is 82.0. The summed E-state index contributed by atoms with van der Waals surface area (Å²) < 4.78 is 148. The van der Waals surface area contributed by atoms with Crippen molar-refractivity contribution in [3.63, 3.8) is 0 Å². The van der Waals surface area contributed by atoms with Crippen molar-refractivity contribution in [2.75, 3.05) is 41.8 Å². The van der Waals surface area contributed by atoms with Crippen LogP contribution in [0.4, 0.5) is 17.1 Å². The Labute approximate surface area is 767 Å². The van der Waals surface area contributed by atoms with E-state index in [0.717, 1.165) is 22.5 Å². The number of alkyl halides is 3. The second-order valence-corrected chi connectivity index (χ2v) is 39.7. The van der Waals surface area contributed by atoms with Crippen LogP contribution in [0.25, 0.3) is 5.57 Å². The number of hydrogen-bond acceptors (Lipinski definition) is 29. The van der Waals surface area contributed by atoms with Gasteiger partial charge in [-0.3, -0.25) is 18.9 Å². The summed E-state index contributed by atoms with van der Waals surface area (Å²) in [5.74, 6) is -0.804. The quantitative estimate of drug-likeness (QED) is 0.0168. The molecule has 126 heavy (non-hydrogen) atoms. The Morgan fingerprint density at radius 2 is 0.952 bits per heavy atom. The molecule has 0 aromatic carbocycles. The van der Waals surface area contributed by atoms with E-state index in [0.29, 0.717) is 67.7 Å². The molecule has 30 nitrogen and oxygen atoms in total. The number of allylic oxidation sites excluding steroid dienone is 4. The summed E-state index contributed by atoms with van der Waals surface area (Å²) in [5, 5.41) is 3.34. The number of fused-ring (bicyclic) bond motifs is 4. The van der Waals surface area contributed by atoms with E-state index >= 15 is 0 Å². The largest absolute Gasteiger partial charge is 0.522 e. The zero-order chi connectivity index (χ0) is 99.9. The number of pyridine rings is 6. The van der Waals surface area contributed by atoms with Gasteiger partial charge in [-0.25, -0.2) is 48.7 Å². The summed E-state index contributed by atoms with van der Waals surface area (Å²) in [5.41, 5.74) is 6.95. The molecule has 6 aromatic heterocycles. The number of nitrogens with two attached hydrogens (primary N) is 1. The number of rotatable bonds is 7. The Hall–Kier alpha value is -8.07. The molecule has 45 heteroatoms. The van der Waals surface area contributed by atoms with Gasteiger partial charge in [-0.2, -0.15) is 25.5 Å². The van der Waals surface area contributed by atoms with Gasteiger partial charge in [0, 0.05) is 79.6 Å². The van der Waals surface area contributed by atoms with E-state index in [4.69, 9.17) is 97.1 Å². The maximum absolute atomic E-state index is 11.7. The van der Waals surface area contributed by atoms with E-state index in [1.165, 1.54) is 83.4 Å². The smallest absolute Gasteiger partial charge is 0.481 e. The van der Waals surface area contributed by atoms with Crippen molar-refractivity contribution in [2.45, 2.75) is 229 Å². The number of ether oxygens (including phenoxy) is 9. The third-order valence-electron chi connectivity index (χ3n) is 19.6. The summed E-state index contributed by atoms with van der Waals surface area (Å²) in [4.78, 5) is 104. The number of hydrogen-bond donors (Lipinski definition) is 4. The number of carbonyl (C=O) groups excluding carboxylic acids is 6. The maximum Gasteiger partial charge on any atom is 0.522 e. The number of halogens is 9. The molecule has 0 bridgehead atoms. The molecule has 4 unspecified atom stereocenters. The Kier molecular flexibility index (Phi) is 46.5. The molecule has 1 saturated heterocycles. The summed E-state index contributed by atoms with van der Waals surface area (Å²) in [7, 11) is 3.73. The van der Waals surface area contributed by atoms with E-state index in [2.05, 4.69) is 117 Å². The van der Waals surface area contributed by atoms with Gasteiger partial charge in [-0.05, 0) is 218 Å². The van der Waals surface area contributed by atoms with Crippen LogP contribution < -0.4 is 25.4 Å². The minimum absolute atomic E-state index is 0.00972. The molecule has 1 radical (unpaired) electrons. The topological polar surface area (TPSA) is 423 Å². The van der Waals surface area contributed by atoms with Crippen LogP contribution in [0.15, 0.2) is 100 Å². The van der Waals surface area contributed by atoms with Crippen LogP contribution in [0.1, 0.15) is 269 Å². The maximum atomic E-state index is 11.7. The second kappa shape index (κ2) is 51.4. The molecular formula is C81H112B3Cl5F4N8O22PS2. The first-order valence-electron chi connectivity index (χ1n) is 38.8. The van der Waals surface area contributed by atoms with Gasteiger partial charge >= 0.3 is 83.0 Å². The fourth-order valence-corrected chi connectivity index (χ4v) is 10.6. The van der Waals surface area contributed by atoms with Crippen molar-refractivity contribution in [3.8, 4) is 17.6 Å². The first-order chi connectivity index (χ1) is 58.6. The Morgan fingerprint density at radius 3 is 1.33 bits per heavy atom. The van der Waals surface area contributed by atoms with Crippen LogP contribution >= 0.6 is 74.3 Å². The third-order valence-corrected chi connectivity index (χ3v) is 20.7. The van der Waals surface area contributed by atoms with Gasteiger partial charge in [-0.15, -0.1) is 0 Å². The van der Waals surface area contributed by atoms with Crippen molar-refractivity contribution < 1.29 is 118 Å². The van der Waals surface area contributed by atoms with E-state index in [-0.39, 0.29) is 107 Å². The van der Waals surface area contributed by atoms with E-state index in [1.807, 2.05) is 104 Å². The van der Waals surface area contributed by atoms with E-state index < -0.39 is 55.2 Å². The molecule has 5 aliphatic rings. The molecule has 0 amide bonds. The van der Waals surface area contributed by atoms with Gasteiger partial charge in [-0.1, -0.05) is 68.8 Å². The molecule has 6 aromatic rings. The molecule has 11 heterocycles. The van der Waals surface area contributed by atoms with Gasteiger partial charge in [0.05, 0.1) is 104 Å². The number of nitrogens with one attached hydrogen (secondary N) is 2. The minimum Gasteiger partial charge on any atom is -0.481 e. The number of nitrogens with zero attached hydrogens (tertiary/aromatic N) is 5. The SMILES string of the molecule is CB=N.CC(C)=C(C)B1OC(C)(C)C(C)(C)O1.CC1c2[nH]c(=O)ccc2C(=O)OC1(C)C.CC1c2nc(Cl)ccc2C(=O)OC1(C)C.COC(=O)c1ccc(OC)nc1C(C)=C(C)C.COC(=O)c1ccc(OC)nc1Cl.COc1ccc2c(n1)C(C)C(C)(C)OC2=O.CSF.O=P(Cl)(Cl)Cl.O=S(=O)(O)C(F)(F)F.[2H]C[B]N.[2H]c1ccc2c(n1)C(C)C(C)(C)OC2=O. The Morgan fingerprint density at radius 1 is 0.611 bits per heavy atom. The molecule has 11 rings (SSSR count). The summed E-state index contributed by atoms with van der Waals surface area (Å²) in [6, 6.07) is 19.0.